The van der Waals surface area contributed by atoms with E-state index in [0.29, 0.717) is 0 Å². The number of rotatable bonds is 27. The summed E-state index contributed by atoms with van der Waals surface area (Å²) in [5.41, 5.74) is 3.60. The fourth-order valence-electron chi connectivity index (χ4n) is 12.3. The Morgan fingerprint density at radius 3 is 1.49 bits per heavy atom. The van der Waals surface area contributed by atoms with Crippen LogP contribution in [0.1, 0.15) is 73.8 Å². The Kier molecular flexibility index (Phi) is 25.4. The minimum Gasteiger partial charge on any atom is -0.458 e. The van der Waals surface area contributed by atoms with Crippen molar-refractivity contribution in [2.24, 2.45) is 0 Å². The number of benzene rings is 5. The predicted octanol–water partition coefficient (Wildman–Crippen LogP) is -2.20. The van der Waals surface area contributed by atoms with Gasteiger partial charge in [-0.1, -0.05) is 140 Å². The SMILES string of the molecule is CC(C)(C)OC(=O)[C@H](CC(=O)N[C@@H]1O[C@H](CO)[C@@H](O[C@H]2O[C@H](CO)[C@@H](O[C@H]3O[C@H](CO)[C@@H](O)[C@H](O)[C@H]3O)[C@H](O)[C@H]2O)[C@H](O)[C@H]1O)NC(=O)CNC(=O)CNC(=O)[C@H](CCC(=O)NC(c1ccccc1)(c1ccccc1)c1ccccc1)NC(=O)OCC1c2ccccc2-c2ccccc21. The zero-order chi connectivity index (χ0) is 71.3. The third kappa shape index (κ3) is 18.0. The average molecular weight is 1380 g/mol. The summed E-state index contributed by atoms with van der Waals surface area (Å²) in [6, 6.07) is 40.0. The molecular weight excluding hydrogens is 1300 g/mol. The van der Waals surface area contributed by atoms with Gasteiger partial charge in [0.25, 0.3) is 0 Å². The molecule has 0 radical (unpaired) electrons. The molecule has 534 valence electrons. The summed E-state index contributed by atoms with van der Waals surface area (Å²) < 4.78 is 39.1. The number of alkyl carbamates (subject to hydrolysis) is 1. The lowest BCUT2D eigenvalue weighted by Gasteiger charge is -2.48. The van der Waals surface area contributed by atoms with Gasteiger partial charge < -0.3 is 116 Å². The Labute approximate surface area is 568 Å². The van der Waals surface area contributed by atoms with E-state index in [1.54, 1.807) is 0 Å². The molecule has 3 saturated heterocycles. The number of aliphatic hydroxyl groups is 10. The summed E-state index contributed by atoms with van der Waals surface area (Å²) in [6.07, 6.45) is -30.5. The molecule has 6 amide bonds. The highest BCUT2D eigenvalue weighted by atomic mass is 16.7. The van der Waals surface area contributed by atoms with Crippen LogP contribution in [0.25, 0.3) is 11.1 Å². The van der Waals surface area contributed by atoms with Crippen LogP contribution in [0.2, 0.25) is 0 Å². The molecule has 4 aliphatic rings. The van der Waals surface area contributed by atoms with Crippen LogP contribution >= 0.6 is 0 Å². The Balaban J connectivity index is 0.813. The van der Waals surface area contributed by atoms with Crippen LogP contribution in [0.3, 0.4) is 0 Å². The van der Waals surface area contributed by atoms with Crippen LogP contribution < -0.4 is 31.9 Å². The normalized spacial score (nSPS) is 26.6. The Hall–Kier alpha value is -8.41. The van der Waals surface area contributed by atoms with Crippen molar-refractivity contribution in [1.82, 2.24) is 31.9 Å². The first-order valence-electron chi connectivity index (χ1n) is 32.2. The molecule has 0 spiro atoms. The summed E-state index contributed by atoms with van der Waals surface area (Å²) in [5, 5.41) is 121. The summed E-state index contributed by atoms with van der Waals surface area (Å²) in [7, 11) is 0. The first-order valence-corrected chi connectivity index (χ1v) is 32.2. The molecule has 5 aromatic carbocycles. The first kappa shape index (κ1) is 74.8. The van der Waals surface area contributed by atoms with Gasteiger partial charge in [0.05, 0.1) is 39.3 Å². The van der Waals surface area contributed by atoms with Crippen molar-refractivity contribution in [1.29, 1.82) is 0 Å². The van der Waals surface area contributed by atoms with Crippen molar-refractivity contribution < 1.29 is 118 Å². The molecule has 1 aliphatic carbocycles. The van der Waals surface area contributed by atoms with Gasteiger partial charge in [-0.2, -0.15) is 0 Å². The lowest BCUT2D eigenvalue weighted by atomic mass is 9.77. The molecule has 3 aliphatic heterocycles. The Bertz CT molecular complexity index is 3410. The van der Waals surface area contributed by atoms with Crippen molar-refractivity contribution in [3.05, 3.63) is 167 Å². The molecular formula is C69H84N6O24. The van der Waals surface area contributed by atoms with E-state index in [1.807, 2.05) is 140 Å². The van der Waals surface area contributed by atoms with E-state index < -0.39 is 196 Å². The van der Waals surface area contributed by atoms with Crippen LogP contribution in [0.15, 0.2) is 140 Å². The zero-order valence-electron chi connectivity index (χ0n) is 54.2. The Morgan fingerprint density at radius 2 is 0.970 bits per heavy atom. The van der Waals surface area contributed by atoms with E-state index in [1.165, 1.54) is 20.8 Å². The number of carbonyl (C=O) groups is 7. The molecule has 0 unspecified atom stereocenters. The van der Waals surface area contributed by atoms with E-state index >= 15 is 0 Å². The molecule has 5 aromatic rings. The van der Waals surface area contributed by atoms with Crippen molar-refractivity contribution in [2.75, 3.05) is 39.5 Å². The van der Waals surface area contributed by atoms with Gasteiger partial charge in [-0.05, 0) is 66.1 Å². The number of hydrogen-bond acceptors (Lipinski definition) is 24. The van der Waals surface area contributed by atoms with Gasteiger partial charge in [0.1, 0.15) is 103 Å². The summed E-state index contributed by atoms with van der Waals surface area (Å²) in [6.45, 7) is -0.0341. The van der Waals surface area contributed by atoms with E-state index in [9.17, 15) is 84.6 Å². The molecule has 3 fully saturated rings. The first-order chi connectivity index (χ1) is 47.3. The van der Waals surface area contributed by atoms with Crippen molar-refractivity contribution in [3.63, 3.8) is 0 Å². The monoisotopic (exact) mass is 1380 g/mol. The predicted molar refractivity (Wildman–Crippen MR) is 344 cm³/mol. The second-order valence-corrected chi connectivity index (χ2v) is 25.2. The molecule has 3 heterocycles. The third-order valence-corrected chi connectivity index (χ3v) is 17.3. The lowest BCUT2D eigenvalue weighted by molar-refractivity contribution is -0.373. The second kappa shape index (κ2) is 33.6. The lowest BCUT2D eigenvalue weighted by Crippen LogP contribution is -2.67. The van der Waals surface area contributed by atoms with Crippen LogP contribution in [0, 0.1) is 0 Å². The maximum atomic E-state index is 14.5. The number of carbonyl (C=O) groups excluding carboxylic acids is 7. The largest absolute Gasteiger partial charge is 0.458 e. The quantitative estimate of drug-likeness (QED) is 0.0196. The summed E-state index contributed by atoms with van der Waals surface area (Å²) >= 11 is 0. The number of fused-ring (bicyclic) bond motifs is 3. The fourth-order valence-corrected chi connectivity index (χ4v) is 12.3. The van der Waals surface area contributed by atoms with E-state index in [4.69, 9.17) is 33.2 Å². The van der Waals surface area contributed by atoms with Crippen LogP contribution in [0.4, 0.5) is 4.79 Å². The summed E-state index contributed by atoms with van der Waals surface area (Å²) in [5.74, 6) is -6.01. The van der Waals surface area contributed by atoms with Gasteiger partial charge in [-0.25, -0.2) is 9.59 Å². The topological polar surface area (TPSA) is 459 Å². The van der Waals surface area contributed by atoms with E-state index in [0.717, 1.165) is 38.9 Å². The molecule has 30 heteroatoms. The maximum absolute atomic E-state index is 14.5. The molecule has 9 rings (SSSR count). The number of aliphatic hydroxyl groups excluding tert-OH is 10. The minimum absolute atomic E-state index is 0.118. The van der Waals surface area contributed by atoms with Crippen molar-refractivity contribution in [2.45, 2.75) is 161 Å². The van der Waals surface area contributed by atoms with Gasteiger partial charge in [0.15, 0.2) is 18.8 Å². The molecule has 16 N–H and O–H groups in total. The van der Waals surface area contributed by atoms with Gasteiger partial charge in [0.2, 0.25) is 29.5 Å². The standard InChI is InChI=1S/C69H84N6O24/c1-68(2,3)99-64(91)45(29-50(80)74-63-57(87)55(85)60(47(33-77)94-63)97-66-59(89)56(86)61(48(34-78)96-66)98-65-58(88)54(84)53(83)46(32-76)95-65)72-52(82)31-70-51(81)30-71-62(90)44(73-67(92)93-35-43-41-25-15-13-23-39(41)40-24-14-16-26-42(40)43)27-28-49(79)75-69(36-17-7-4-8-18-36,37-19-9-5-10-20-37)38-21-11-6-12-22-38/h4-26,43-48,53-61,63,65-66,76-78,83-89H,27-35H2,1-3H3,(H,70,81)(H,71,90)(H,72,82)(H,73,92)(H,74,80)(H,75,79)/t44-,45-,46+,47+,48+,53+,54-,55+,56+,57+,58+,59+,60+,61+,63+,65+,66+/m0/s1. The molecule has 99 heavy (non-hydrogen) atoms. The van der Waals surface area contributed by atoms with E-state index in [2.05, 4.69) is 31.9 Å². The van der Waals surface area contributed by atoms with Gasteiger partial charge in [-0.15, -0.1) is 0 Å². The smallest absolute Gasteiger partial charge is 0.407 e. The van der Waals surface area contributed by atoms with Gasteiger partial charge in [0, 0.05) is 12.3 Å². The molecule has 30 nitrogen and oxygen atoms in total. The Morgan fingerprint density at radius 1 is 0.495 bits per heavy atom. The van der Waals surface area contributed by atoms with Crippen molar-refractivity contribution >= 4 is 41.6 Å². The molecule has 17 atom stereocenters. The third-order valence-electron chi connectivity index (χ3n) is 17.3. The number of hydrogen-bond donors (Lipinski definition) is 16. The van der Waals surface area contributed by atoms with E-state index in [-0.39, 0.29) is 25.4 Å². The highest BCUT2D eigenvalue weighted by molar-refractivity contribution is 5.93. The highest BCUT2D eigenvalue weighted by Gasteiger charge is 2.54. The van der Waals surface area contributed by atoms with Gasteiger partial charge >= 0.3 is 12.1 Å². The van der Waals surface area contributed by atoms with Crippen molar-refractivity contribution in [3.8, 4) is 11.1 Å². The average Bonchev–Trinajstić information content (AvgIpc) is 1.66. The second-order valence-electron chi connectivity index (χ2n) is 25.2. The maximum Gasteiger partial charge on any atom is 0.407 e. The molecule has 0 bridgehead atoms. The number of ether oxygens (including phenoxy) is 7. The van der Waals surface area contributed by atoms with Crippen LogP contribution in [-0.4, -0.2) is 242 Å². The van der Waals surface area contributed by atoms with Crippen LogP contribution in [0.5, 0.6) is 0 Å². The number of nitrogens with one attached hydrogen (secondary N) is 6. The zero-order valence-corrected chi connectivity index (χ0v) is 54.2. The molecule has 0 saturated carbocycles. The fraction of sp³-hybridized carbons (Fsp3) is 0.464. The number of amides is 6. The highest BCUT2D eigenvalue weighted by Crippen LogP contribution is 2.45. The number of esters is 1. The minimum atomic E-state index is -2.11. The van der Waals surface area contributed by atoms with Gasteiger partial charge in [-0.3, -0.25) is 24.0 Å². The van der Waals surface area contributed by atoms with Crippen LogP contribution in [-0.2, 0) is 67.5 Å². The summed E-state index contributed by atoms with van der Waals surface area (Å²) in [4.78, 5) is 96.7. The molecule has 0 aromatic heterocycles.